The van der Waals surface area contributed by atoms with Gasteiger partial charge in [0.1, 0.15) is 11.6 Å². The zero-order valence-corrected chi connectivity index (χ0v) is 18.5. The summed E-state index contributed by atoms with van der Waals surface area (Å²) in [5.41, 5.74) is 5.06. The number of halogens is 2. The number of Topliss-reactive ketones (excluding diaryl/α,β-unsaturated/α-hetero) is 1. The maximum absolute atomic E-state index is 14.8. The number of para-hydroxylation sites is 2. The zero-order valence-electron chi connectivity index (χ0n) is 18.5. The standard InChI is InChI=1S/C27H25F2N3O/c1-32(2)19-10-7-16(8-11-19)17-13-24-26(25(33)14-17)27(20-15-18(28)9-12-21(20)29)31-23-6-4-3-5-22(23)30-24/h3-12,15,17,27,30-31H,13-14H2,1-2H3. The van der Waals surface area contributed by atoms with Gasteiger partial charge >= 0.3 is 0 Å². The minimum Gasteiger partial charge on any atom is -0.378 e. The minimum atomic E-state index is -0.781. The van der Waals surface area contributed by atoms with E-state index in [0.29, 0.717) is 18.4 Å². The van der Waals surface area contributed by atoms with Crippen molar-refractivity contribution in [3.05, 3.63) is 101 Å². The van der Waals surface area contributed by atoms with Gasteiger partial charge in [0.25, 0.3) is 0 Å². The Bertz CT molecular complexity index is 1250. The van der Waals surface area contributed by atoms with E-state index >= 15 is 0 Å². The monoisotopic (exact) mass is 445 g/mol. The quantitative estimate of drug-likeness (QED) is 0.518. The summed E-state index contributed by atoms with van der Waals surface area (Å²) in [4.78, 5) is 15.5. The Labute approximate surface area is 191 Å². The first kappa shape index (κ1) is 21.2. The van der Waals surface area contributed by atoms with E-state index in [-0.39, 0.29) is 17.3 Å². The van der Waals surface area contributed by atoms with Gasteiger partial charge < -0.3 is 15.5 Å². The molecule has 6 heteroatoms. The minimum absolute atomic E-state index is 0.00299. The average Bonchev–Trinajstić information content (AvgIpc) is 2.97. The van der Waals surface area contributed by atoms with Crippen molar-refractivity contribution < 1.29 is 13.6 Å². The van der Waals surface area contributed by atoms with Crippen molar-refractivity contribution in [3.8, 4) is 0 Å². The molecule has 3 aromatic rings. The number of nitrogens with one attached hydrogen (secondary N) is 2. The summed E-state index contributed by atoms with van der Waals surface area (Å²) in [7, 11) is 3.98. The molecule has 0 bridgehead atoms. The van der Waals surface area contributed by atoms with Crippen molar-refractivity contribution in [2.75, 3.05) is 29.6 Å². The lowest BCUT2D eigenvalue weighted by molar-refractivity contribution is -0.116. The highest BCUT2D eigenvalue weighted by Gasteiger charge is 2.37. The van der Waals surface area contributed by atoms with Crippen LogP contribution in [0.3, 0.4) is 0 Å². The van der Waals surface area contributed by atoms with Crippen LogP contribution in [0.2, 0.25) is 0 Å². The van der Waals surface area contributed by atoms with Gasteiger partial charge in [-0.15, -0.1) is 0 Å². The Kier molecular flexibility index (Phi) is 5.36. The Balaban J connectivity index is 1.59. The van der Waals surface area contributed by atoms with Crippen molar-refractivity contribution in [2.24, 2.45) is 0 Å². The largest absolute Gasteiger partial charge is 0.378 e. The predicted octanol–water partition coefficient (Wildman–Crippen LogP) is 6.01. The van der Waals surface area contributed by atoms with E-state index in [0.717, 1.165) is 40.5 Å². The third-order valence-corrected chi connectivity index (χ3v) is 6.46. The Morgan fingerprint density at radius 2 is 1.64 bits per heavy atom. The summed E-state index contributed by atoms with van der Waals surface area (Å²) in [5, 5.41) is 6.72. The second-order valence-electron chi connectivity index (χ2n) is 8.82. The highest BCUT2D eigenvalue weighted by atomic mass is 19.1. The third-order valence-electron chi connectivity index (χ3n) is 6.46. The summed E-state index contributed by atoms with van der Waals surface area (Å²) in [6, 6.07) is 18.4. The lowest BCUT2D eigenvalue weighted by Crippen LogP contribution is -2.27. The zero-order chi connectivity index (χ0) is 23.1. The van der Waals surface area contributed by atoms with Gasteiger partial charge in [-0.25, -0.2) is 8.78 Å². The molecule has 2 unspecified atom stereocenters. The van der Waals surface area contributed by atoms with Crippen molar-refractivity contribution in [2.45, 2.75) is 24.8 Å². The molecular weight excluding hydrogens is 420 g/mol. The lowest BCUT2D eigenvalue weighted by Gasteiger charge is -2.30. The van der Waals surface area contributed by atoms with Crippen molar-refractivity contribution in [3.63, 3.8) is 0 Å². The highest BCUT2D eigenvalue weighted by Crippen LogP contribution is 2.44. The van der Waals surface area contributed by atoms with Gasteiger partial charge in [-0.1, -0.05) is 24.3 Å². The first-order valence-electron chi connectivity index (χ1n) is 11.0. The van der Waals surface area contributed by atoms with Gasteiger partial charge in [0.05, 0.1) is 17.4 Å². The second-order valence-corrected chi connectivity index (χ2v) is 8.82. The summed E-state index contributed by atoms with van der Waals surface area (Å²) < 4.78 is 28.9. The molecule has 0 radical (unpaired) electrons. The van der Waals surface area contributed by atoms with E-state index in [1.165, 1.54) is 6.07 Å². The number of hydrogen-bond acceptors (Lipinski definition) is 4. The summed E-state index contributed by atoms with van der Waals surface area (Å²) in [6.07, 6.45) is 0.916. The fraction of sp³-hybridized carbons (Fsp3) is 0.222. The smallest absolute Gasteiger partial charge is 0.163 e. The van der Waals surface area contributed by atoms with E-state index in [1.54, 1.807) is 0 Å². The van der Waals surface area contributed by atoms with Crippen LogP contribution < -0.4 is 15.5 Å². The molecule has 2 N–H and O–H groups in total. The first-order chi connectivity index (χ1) is 15.9. The maximum Gasteiger partial charge on any atom is 0.163 e. The molecule has 0 amide bonds. The number of ketones is 1. The number of hydrogen-bond donors (Lipinski definition) is 2. The van der Waals surface area contributed by atoms with Gasteiger partial charge in [-0.05, 0) is 60.4 Å². The van der Waals surface area contributed by atoms with Crippen LogP contribution in [-0.2, 0) is 4.79 Å². The van der Waals surface area contributed by atoms with Crippen LogP contribution in [0.25, 0.3) is 0 Å². The van der Waals surface area contributed by atoms with Crippen LogP contribution in [0.4, 0.5) is 25.8 Å². The number of nitrogens with zero attached hydrogens (tertiary/aromatic N) is 1. The number of allylic oxidation sites excluding steroid dienone is 1. The molecule has 1 aliphatic heterocycles. The van der Waals surface area contributed by atoms with Gasteiger partial charge in [0.2, 0.25) is 0 Å². The summed E-state index contributed by atoms with van der Waals surface area (Å²) >= 11 is 0. The highest BCUT2D eigenvalue weighted by molar-refractivity contribution is 6.01. The predicted molar refractivity (Wildman–Crippen MR) is 128 cm³/mol. The van der Waals surface area contributed by atoms with Gasteiger partial charge in [-0.3, -0.25) is 4.79 Å². The number of rotatable bonds is 3. The molecule has 1 heterocycles. The summed E-state index contributed by atoms with van der Waals surface area (Å²) in [5.74, 6) is -1.15. The Morgan fingerprint density at radius 1 is 0.909 bits per heavy atom. The van der Waals surface area contributed by atoms with E-state index in [9.17, 15) is 13.6 Å². The molecule has 2 aliphatic rings. The molecule has 0 fully saturated rings. The van der Waals surface area contributed by atoms with Crippen molar-refractivity contribution >= 4 is 22.8 Å². The van der Waals surface area contributed by atoms with E-state index in [4.69, 9.17) is 0 Å². The molecule has 0 aromatic heterocycles. The Hall–Kier alpha value is -3.67. The van der Waals surface area contributed by atoms with Crippen molar-refractivity contribution in [1.82, 2.24) is 0 Å². The fourth-order valence-electron chi connectivity index (χ4n) is 4.74. The second kappa shape index (κ2) is 8.35. The average molecular weight is 446 g/mol. The molecule has 168 valence electrons. The first-order valence-corrected chi connectivity index (χ1v) is 11.0. The summed E-state index contributed by atoms with van der Waals surface area (Å²) in [6.45, 7) is 0. The van der Waals surface area contributed by atoms with Gasteiger partial charge in [0.15, 0.2) is 5.78 Å². The number of anilines is 3. The number of carbonyl (C=O) groups is 1. The molecule has 5 rings (SSSR count). The normalized spacial score (nSPS) is 19.7. The molecule has 0 saturated heterocycles. The van der Waals surface area contributed by atoms with E-state index < -0.39 is 17.7 Å². The van der Waals surface area contributed by atoms with Gasteiger partial charge in [0, 0.05) is 43.0 Å². The Morgan fingerprint density at radius 3 is 2.36 bits per heavy atom. The van der Waals surface area contributed by atoms with Crippen molar-refractivity contribution in [1.29, 1.82) is 0 Å². The molecule has 0 spiro atoms. The number of benzene rings is 3. The van der Waals surface area contributed by atoms with Crippen LogP contribution in [0.1, 0.15) is 35.9 Å². The van der Waals surface area contributed by atoms with Crippen LogP contribution in [-0.4, -0.2) is 19.9 Å². The molecule has 4 nitrogen and oxygen atoms in total. The molecule has 3 aromatic carbocycles. The molecule has 0 saturated carbocycles. The van der Waals surface area contributed by atoms with E-state index in [1.807, 2.05) is 55.4 Å². The topological polar surface area (TPSA) is 44.4 Å². The molecule has 2 atom stereocenters. The number of fused-ring (bicyclic) bond motifs is 1. The fourth-order valence-corrected chi connectivity index (χ4v) is 4.74. The molecular formula is C27H25F2N3O. The van der Waals surface area contributed by atoms with Crippen LogP contribution in [0.15, 0.2) is 78.0 Å². The van der Waals surface area contributed by atoms with Crippen LogP contribution in [0.5, 0.6) is 0 Å². The van der Waals surface area contributed by atoms with Crippen LogP contribution >= 0.6 is 0 Å². The SMILES string of the molecule is CN(C)c1ccc(C2CC(=O)C3=C(C2)Nc2ccccc2NC3c2cc(F)ccc2F)cc1. The van der Waals surface area contributed by atoms with Crippen LogP contribution in [0, 0.1) is 11.6 Å². The molecule has 1 aliphatic carbocycles. The molecule has 33 heavy (non-hydrogen) atoms. The van der Waals surface area contributed by atoms with E-state index in [2.05, 4.69) is 22.8 Å². The number of carbonyl (C=O) groups excluding carboxylic acids is 1. The van der Waals surface area contributed by atoms with Gasteiger partial charge in [-0.2, -0.15) is 0 Å². The third kappa shape index (κ3) is 3.97. The lowest BCUT2D eigenvalue weighted by atomic mass is 9.78. The maximum atomic E-state index is 14.8.